The lowest BCUT2D eigenvalue weighted by Gasteiger charge is -2.11. The number of nitrogens with one attached hydrogen (secondary N) is 2. The summed E-state index contributed by atoms with van der Waals surface area (Å²) in [4.78, 5) is 29.2. The standard InChI is InChI=1S/C27H31N3O2/c1-5-18(3)20-7-12-23(13-8-20)29-26(31)22-11-16-25(28-17-22)27(32)30-24-14-9-21(10-15-24)19(4)6-2/h7-19H,5-6H2,1-4H3,(H,29,31)(H,30,32). The number of aromatic nitrogens is 1. The van der Waals surface area contributed by atoms with Gasteiger partial charge in [-0.15, -0.1) is 0 Å². The maximum atomic E-state index is 12.5. The summed E-state index contributed by atoms with van der Waals surface area (Å²) in [6.07, 6.45) is 3.56. The van der Waals surface area contributed by atoms with Crippen molar-refractivity contribution in [3.05, 3.63) is 89.2 Å². The summed E-state index contributed by atoms with van der Waals surface area (Å²) < 4.78 is 0. The van der Waals surface area contributed by atoms with Crippen LogP contribution in [0.4, 0.5) is 11.4 Å². The quantitative estimate of drug-likeness (QED) is 0.423. The molecule has 5 heteroatoms. The second-order valence-electron chi connectivity index (χ2n) is 8.20. The Morgan fingerprint density at radius 1 is 0.719 bits per heavy atom. The molecule has 2 atom stereocenters. The number of benzene rings is 2. The first-order valence-electron chi connectivity index (χ1n) is 11.2. The van der Waals surface area contributed by atoms with E-state index in [4.69, 9.17) is 0 Å². The van der Waals surface area contributed by atoms with Crippen molar-refractivity contribution in [2.24, 2.45) is 0 Å². The van der Waals surface area contributed by atoms with Crippen molar-refractivity contribution in [1.82, 2.24) is 4.98 Å². The zero-order chi connectivity index (χ0) is 23.1. The van der Waals surface area contributed by atoms with Crippen molar-refractivity contribution < 1.29 is 9.59 Å². The van der Waals surface area contributed by atoms with Crippen LogP contribution in [0.5, 0.6) is 0 Å². The molecule has 0 fully saturated rings. The summed E-state index contributed by atoms with van der Waals surface area (Å²) in [7, 11) is 0. The number of rotatable bonds is 8. The summed E-state index contributed by atoms with van der Waals surface area (Å²) in [5, 5.41) is 5.72. The molecule has 32 heavy (non-hydrogen) atoms. The van der Waals surface area contributed by atoms with Gasteiger partial charge in [-0.1, -0.05) is 52.0 Å². The third kappa shape index (κ3) is 5.82. The maximum absolute atomic E-state index is 12.5. The van der Waals surface area contributed by atoms with E-state index in [9.17, 15) is 9.59 Å². The monoisotopic (exact) mass is 429 g/mol. The zero-order valence-electron chi connectivity index (χ0n) is 19.2. The third-order valence-corrected chi connectivity index (χ3v) is 5.96. The van der Waals surface area contributed by atoms with Gasteiger partial charge in [0.15, 0.2) is 0 Å². The Labute approximate surface area is 190 Å². The Balaban J connectivity index is 1.60. The molecule has 2 unspecified atom stereocenters. The van der Waals surface area contributed by atoms with Gasteiger partial charge in [0.2, 0.25) is 0 Å². The molecule has 5 nitrogen and oxygen atoms in total. The molecule has 2 aromatic carbocycles. The molecule has 0 spiro atoms. The van der Waals surface area contributed by atoms with Crippen LogP contribution in [-0.4, -0.2) is 16.8 Å². The van der Waals surface area contributed by atoms with Gasteiger partial charge >= 0.3 is 0 Å². The minimum absolute atomic E-state index is 0.255. The van der Waals surface area contributed by atoms with E-state index in [-0.39, 0.29) is 17.5 Å². The number of nitrogens with zero attached hydrogens (tertiary/aromatic N) is 1. The lowest BCUT2D eigenvalue weighted by atomic mass is 9.98. The molecule has 1 heterocycles. The average Bonchev–Trinajstić information content (AvgIpc) is 2.84. The van der Waals surface area contributed by atoms with Crippen LogP contribution in [0.3, 0.4) is 0 Å². The predicted molar refractivity (Wildman–Crippen MR) is 130 cm³/mol. The van der Waals surface area contributed by atoms with E-state index in [2.05, 4.69) is 43.3 Å². The topological polar surface area (TPSA) is 71.1 Å². The second-order valence-corrected chi connectivity index (χ2v) is 8.20. The molecular weight excluding hydrogens is 398 g/mol. The molecule has 3 aromatic rings. The molecular formula is C27H31N3O2. The molecule has 1 aromatic heterocycles. The minimum atomic E-state index is -0.311. The van der Waals surface area contributed by atoms with Crippen LogP contribution >= 0.6 is 0 Å². The first-order valence-corrected chi connectivity index (χ1v) is 11.2. The summed E-state index contributed by atoms with van der Waals surface area (Å²) in [5.41, 5.74) is 4.58. The highest BCUT2D eigenvalue weighted by Gasteiger charge is 2.12. The number of carbonyl (C=O) groups is 2. The van der Waals surface area contributed by atoms with Crippen LogP contribution < -0.4 is 10.6 Å². The van der Waals surface area contributed by atoms with E-state index in [1.54, 1.807) is 12.1 Å². The fraction of sp³-hybridized carbons (Fsp3) is 0.296. The number of anilines is 2. The highest BCUT2D eigenvalue weighted by Crippen LogP contribution is 2.22. The number of pyridine rings is 1. The van der Waals surface area contributed by atoms with Gasteiger partial charge in [0.25, 0.3) is 11.8 Å². The predicted octanol–water partition coefficient (Wildman–Crippen LogP) is 6.61. The fourth-order valence-electron chi connectivity index (χ4n) is 3.32. The van der Waals surface area contributed by atoms with E-state index >= 15 is 0 Å². The van der Waals surface area contributed by atoms with Crippen LogP contribution in [-0.2, 0) is 0 Å². The van der Waals surface area contributed by atoms with Gasteiger partial charge in [-0.25, -0.2) is 0 Å². The lowest BCUT2D eigenvalue weighted by Crippen LogP contribution is -2.16. The van der Waals surface area contributed by atoms with E-state index in [1.807, 2.05) is 48.5 Å². The Morgan fingerprint density at radius 3 is 1.59 bits per heavy atom. The first-order chi connectivity index (χ1) is 15.4. The SMILES string of the molecule is CCC(C)c1ccc(NC(=O)c2ccc(C(=O)Nc3ccc(C(C)CC)cc3)nc2)cc1. The van der Waals surface area contributed by atoms with Crippen LogP contribution in [0.2, 0.25) is 0 Å². The smallest absolute Gasteiger partial charge is 0.274 e. The summed E-state index contributed by atoms with van der Waals surface area (Å²) >= 11 is 0. The van der Waals surface area contributed by atoms with Gasteiger partial charge in [-0.05, 0) is 72.2 Å². The molecule has 0 aliphatic rings. The van der Waals surface area contributed by atoms with Crippen molar-refractivity contribution in [2.75, 3.05) is 10.6 Å². The van der Waals surface area contributed by atoms with E-state index in [0.29, 0.717) is 23.1 Å². The van der Waals surface area contributed by atoms with Crippen molar-refractivity contribution in [3.63, 3.8) is 0 Å². The highest BCUT2D eigenvalue weighted by molar-refractivity contribution is 6.06. The highest BCUT2D eigenvalue weighted by atomic mass is 16.2. The molecule has 0 saturated carbocycles. The maximum Gasteiger partial charge on any atom is 0.274 e. The van der Waals surface area contributed by atoms with E-state index in [1.165, 1.54) is 17.3 Å². The Kier molecular flexibility index (Phi) is 7.77. The molecule has 0 aliphatic heterocycles. The normalized spacial score (nSPS) is 12.6. The molecule has 2 amide bonds. The Bertz CT molecular complexity index is 955. The second kappa shape index (κ2) is 10.7. The van der Waals surface area contributed by atoms with Gasteiger partial charge in [0.05, 0.1) is 5.56 Å². The fourth-order valence-corrected chi connectivity index (χ4v) is 3.32. The molecule has 0 saturated heterocycles. The first kappa shape index (κ1) is 23.2. The summed E-state index contributed by atoms with van der Waals surface area (Å²) in [6.45, 7) is 8.66. The van der Waals surface area contributed by atoms with Crippen molar-refractivity contribution in [3.8, 4) is 0 Å². The number of amides is 2. The van der Waals surface area contributed by atoms with Gasteiger partial charge < -0.3 is 10.6 Å². The lowest BCUT2D eigenvalue weighted by molar-refractivity contribution is 0.101. The van der Waals surface area contributed by atoms with Gasteiger partial charge in [-0.2, -0.15) is 0 Å². The van der Waals surface area contributed by atoms with Crippen LogP contribution in [0.25, 0.3) is 0 Å². The third-order valence-electron chi connectivity index (χ3n) is 5.96. The van der Waals surface area contributed by atoms with Crippen molar-refractivity contribution in [1.29, 1.82) is 0 Å². The Morgan fingerprint density at radius 2 is 1.19 bits per heavy atom. The minimum Gasteiger partial charge on any atom is -0.322 e. The van der Waals surface area contributed by atoms with Gasteiger partial charge in [0, 0.05) is 17.6 Å². The molecule has 0 bridgehead atoms. The van der Waals surface area contributed by atoms with Gasteiger partial charge in [-0.3, -0.25) is 14.6 Å². The molecule has 3 rings (SSSR count). The van der Waals surface area contributed by atoms with Crippen molar-refractivity contribution >= 4 is 23.2 Å². The van der Waals surface area contributed by atoms with Crippen LogP contribution in [0, 0.1) is 0 Å². The van der Waals surface area contributed by atoms with E-state index in [0.717, 1.165) is 18.5 Å². The summed E-state index contributed by atoms with van der Waals surface area (Å²) in [5.74, 6) is 0.397. The van der Waals surface area contributed by atoms with Gasteiger partial charge in [0.1, 0.15) is 5.69 Å². The summed E-state index contributed by atoms with van der Waals surface area (Å²) in [6, 6.07) is 18.9. The van der Waals surface area contributed by atoms with Crippen molar-refractivity contribution in [2.45, 2.75) is 52.4 Å². The number of carbonyl (C=O) groups excluding carboxylic acids is 2. The Hall–Kier alpha value is -3.47. The number of hydrogen-bond acceptors (Lipinski definition) is 3. The zero-order valence-corrected chi connectivity index (χ0v) is 19.2. The molecule has 166 valence electrons. The average molecular weight is 430 g/mol. The molecule has 0 radical (unpaired) electrons. The number of hydrogen-bond donors (Lipinski definition) is 2. The molecule has 0 aliphatic carbocycles. The van der Waals surface area contributed by atoms with E-state index < -0.39 is 0 Å². The van der Waals surface area contributed by atoms with Crippen LogP contribution in [0.15, 0.2) is 66.9 Å². The van der Waals surface area contributed by atoms with Crippen LogP contribution in [0.1, 0.15) is 84.3 Å². The largest absolute Gasteiger partial charge is 0.322 e. The molecule has 2 N–H and O–H groups in total.